The fourth-order valence-corrected chi connectivity index (χ4v) is 7.40. The minimum absolute atomic E-state index is 0.00484. The number of carbonyl (C=O) groups is 2. The summed E-state index contributed by atoms with van der Waals surface area (Å²) in [6.07, 6.45) is 8.95. The maximum atomic E-state index is 13.9. The fraction of sp³-hybridized carbons (Fsp3) is 0.302. The number of hydrogen-bond acceptors (Lipinski definition) is 8. The van der Waals surface area contributed by atoms with E-state index in [9.17, 15) is 9.59 Å². The van der Waals surface area contributed by atoms with Gasteiger partial charge in [0.2, 0.25) is 11.8 Å². The van der Waals surface area contributed by atoms with Crippen LogP contribution < -0.4 is 0 Å². The van der Waals surface area contributed by atoms with Crippen molar-refractivity contribution in [2.45, 2.75) is 43.9 Å². The van der Waals surface area contributed by atoms with Crippen LogP contribution in [0.4, 0.5) is 0 Å². The molecule has 282 valence electrons. The Kier molecular flexibility index (Phi) is 11.0. The van der Waals surface area contributed by atoms with Crippen molar-refractivity contribution in [2.24, 2.45) is 0 Å². The third kappa shape index (κ3) is 7.82. The first-order valence-electron chi connectivity index (χ1n) is 18.6. The Morgan fingerprint density at radius 1 is 0.673 bits per heavy atom. The number of nitrogens with zero attached hydrogens (tertiary/aromatic N) is 8. The number of imidazole rings is 2. The Morgan fingerprint density at radius 2 is 1.24 bits per heavy atom. The SMILES string of the molecule is C[C@@H](c1ncc(-c2ccc(-c3ncc(-c4cnc([C@H]5CCCN5C(=O)[C@@H](c5ccccc5)N(C)C)[nH]4)cn3)cc2)[nH]1)N(C)C(=O)[C@@H](c1ccccc1)N(C)C. The Balaban J connectivity index is 1.00. The molecule has 3 aromatic carbocycles. The molecule has 0 saturated carbocycles. The molecule has 6 aromatic rings. The van der Waals surface area contributed by atoms with Gasteiger partial charge in [-0.25, -0.2) is 19.9 Å². The summed E-state index contributed by atoms with van der Waals surface area (Å²) in [7, 11) is 9.54. The van der Waals surface area contributed by atoms with Crippen molar-refractivity contribution in [3.8, 4) is 33.9 Å². The molecule has 55 heavy (non-hydrogen) atoms. The number of likely N-dealkylation sites (N-methyl/N-ethyl adjacent to an activating group) is 3. The van der Waals surface area contributed by atoms with E-state index in [1.807, 2.05) is 142 Å². The van der Waals surface area contributed by atoms with Crippen molar-refractivity contribution in [3.05, 3.63) is 132 Å². The van der Waals surface area contributed by atoms with Gasteiger partial charge in [-0.05, 0) is 64.6 Å². The summed E-state index contributed by atoms with van der Waals surface area (Å²) in [5.74, 6) is 2.15. The number of likely N-dealkylation sites (tertiary alicyclic amines) is 1. The van der Waals surface area contributed by atoms with E-state index in [2.05, 4.69) is 24.9 Å². The number of carbonyl (C=O) groups excluding carboxylic acids is 2. The van der Waals surface area contributed by atoms with Crippen molar-refractivity contribution in [3.63, 3.8) is 0 Å². The summed E-state index contributed by atoms with van der Waals surface area (Å²) >= 11 is 0. The molecule has 1 aliphatic rings. The van der Waals surface area contributed by atoms with E-state index < -0.39 is 6.04 Å². The molecule has 0 unspecified atom stereocenters. The number of benzene rings is 3. The summed E-state index contributed by atoms with van der Waals surface area (Å²) in [6, 6.07) is 26.6. The lowest BCUT2D eigenvalue weighted by Crippen LogP contribution is -2.40. The van der Waals surface area contributed by atoms with Crippen LogP contribution in [0.1, 0.15) is 66.7 Å². The molecule has 3 aromatic heterocycles. The third-order valence-corrected chi connectivity index (χ3v) is 10.5. The van der Waals surface area contributed by atoms with Gasteiger partial charge in [0, 0.05) is 37.1 Å². The van der Waals surface area contributed by atoms with Crippen LogP contribution >= 0.6 is 0 Å². The van der Waals surface area contributed by atoms with Gasteiger partial charge in [-0.2, -0.15) is 0 Å². The van der Waals surface area contributed by atoms with E-state index in [1.54, 1.807) is 29.7 Å². The van der Waals surface area contributed by atoms with Crippen molar-refractivity contribution in [2.75, 3.05) is 41.8 Å². The van der Waals surface area contributed by atoms with Crippen LogP contribution in [0.3, 0.4) is 0 Å². The van der Waals surface area contributed by atoms with Crippen LogP contribution in [-0.4, -0.2) is 103 Å². The molecule has 2 N–H and O–H groups in total. The average molecular weight is 737 g/mol. The lowest BCUT2D eigenvalue weighted by atomic mass is 10.0. The molecule has 1 saturated heterocycles. The summed E-state index contributed by atoms with van der Waals surface area (Å²) in [6.45, 7) is 2.67. The smallest absolute Gasteiger partial charge is 0.245 e. The maximum absolute atomic E-state index is 13.9. The van der Waals surface area contributed by atoms with Gasteiger partial charge in [-0.1, -0.05) is 84.9 Å². The van der Waals surface area contributed by atoms with E-state index in [-0.39, 0.29) is 29.9 Å². The van der Waals surface area contributed by atoms with Gasteiger partial charge < -0.3 is 19.8 Å². The van der Waals surface area contributed by atoms with Gasteiger partial charge in [0.05, 0.1) is 35.9 Å². The molecular weight excluding hydrogens is 689 g/mol. The molecule has 0 bridgehead atoms. The average Bonchev–Trinajstić information content (AvgIpc) is 4.00. The molecule has 2 amide bonds. The summed E-state index contributed by atoms with van der Waals surface area (Å²) < 4.78 is 0. The van der Waals surface area contributed by atoms with Gasteiger partial charge >= 0.3 is 0 Å². The highest BCUT2D eigenvalue weighted by molar-refractivity contribution is 5.84. The van der Waals surface area contributed by atoms with Gasteiger partial charge in [0.15, 0.2) is 5.82 Å². The number of aromatic amines is 2. The fourth-order valence-electron chi connectivity index (χ4n) is 7.40. The molecule has 0 aliphatic carbocycles. The second kappa shape index (κ2) is 16.2. The maximum Gasteiger partial charge on any atom is 0.245 e. The monoisotopic (exact) mass is 736 g/mol. The molecule has 0 radical (unpaired) electrons. The first-order chi connectivity index (χ1) is 26.6. The Labute approximate surface area is 322 Å². The molecule has 1 aliphatic heterocycles. The predicted octanol–water partition coefficient (Wildman–Crippen LogP) is 6.71. The normalized spacial score (nSPS) is 16.0. The van der Waals surface area contributed by atoms with E-state index in [0.717, 1.165) is 57.9 Å². The quantitative estimate of drug-likeness (QED) is 0.142. The third-order valence-electron chi connectivity index (χ3n) is 10.5. The first-order valence-corrected chi connectivity index (χ1v) is 18.6. The summed E-state index contributed by atoms with van der Waals surface area (Å²) in [5, 5.41) is 0. The molecule has 12 nitrogen and oxygen atoms in total. The van der Waals surface area contributed by atoms with Crippen molar-refractivity contribution < 1.29 is 9.59 Å². The zero-order valence-electron chi connectivity index (χ0n) is 32.2. The van der Waals surface area contributed by atoms with Gasteiger partial charge in [0.1, 0.15) is 23.7 Å². The Hall–Kier alpha value is -5.98. The van der Waals surface area contributed by atoms with Crippen LogP contribution in [0.25, 0.3) is 33.9 Å². The number of hydrogen-bond donors (Lipinski definition) is 2. The Morgan fingerprint density at radius 3 is 1.85 bits per heavy atom. The zero-order valence-corrected chi connectivity index (χ0v) is 32.2. The molecule has 4 heterocycles. The molecule has 1 fully saturated rings. The standard InChI is InChI=1S/C43H48N10O2/c1-28(52(6)42(54)37(50(2)3)30-14-9-7-10-15-30)39-46-26-34(48-39)29-19-21-32(22-20-29)40-44-24-33(25-45-40)35-27-47-41(49-35)36-18-13-23-53(36)43(55)38(51(4)5)31-16-11-8-12-17-31/h7-12,14-17,19-22,24-28,36-38H,13,18,23H2,1-6H3,(H,46,48)(H,47,49)/t28-,36+,37+,38+/m0/s1. The van der Waals surface area contributed by atoms with E-state index in [0.29, 0.717) is 18.2 Å². The topological polar surface area (TPSA) is 130 Å². The largest absolute Gasteiger partial charge is 0.340 e. The van der Waals surface area contributed by atoms with Gasteiger partial charge in [0.25, 0.3) is 0 Å². The Bertz CT molecular complexity index is 2200. The highest BCUT2D eigenvalue weighted by atomic mass is 16.2. The lowest BCUT2D eigenvalue weighted by Gasteiger charge is -2.31. The molecule has 12 heteroatoms. The molecular formula is C43H48N10O2. The van der Waals surface area contributed by atoms with Crippen LogP contribution in [0, 0.1) is 0 Å². The number of H-pyrrole nitrogens is 2. The number of rotatable bonds is 12. The highest BCUT2D eigenvalue weighted by Gasteiger charge is 2.37. The van der Waals surface area contributed by atoms with Crippen LogP contribution in [0.2, 0.25) is 0 Å². The van der Waals surface area contributed by atoms with E-state index in [1.165, 1.54) is 0 Å². The van der Waals surface area contributed by atoms with Crippen molar-refractivity contribution in [1.29, 1.82) is 0 Å². The first kappa shape index (κ1) is 37.3. The molecule has 4 atom stereocenters. The van der Waals surface area contributed by atoms with E-state index in [4.69, 9.17) is 4.98 Å². The highest BCUT2D eigenvalue weighted by Crippen LogP contribution is 2.35. The van der Waals surface area contributed by atoms with Crippen molar-refractivity contribution >= 4 is 11.8 Å². The van der Waals surface area contributed by atoms with Crippen molar-refractivity contribution in [1.82, 2.24) is 49.5 Å². The predicted molar refractivity (Wildman–Crippen MR) is 213 cm³/mol. The van der Waals surface area contributed by atoms with Gasteiger partial charge in [-0.15, -0.1) is 0 Å². The number of amides is 2. The number of aromatic nitrogens is 6. The van der Waals surface area contributed by atoms with E-state index >= 15 is 0 Å². The van der Waals surface area contributed by atoms with Crippen LogP contribution in [0.15, 0.2) is 110 Å². The second-order valence-electron chi connectivity index (χ2n) is 14.6. The van der Waals surface area contributed by atoms with Crippen LogP contribution in [-0.2, 0) is 9.59 Å². The van der Waals surface area contributed by atoms with Crippen LogP contribution in [0.5, 0.6) is 0 Å². The minimum Gasteiger partial charge on any atom is -0.340 e. The second-order valence-corrected chi connectivity index (χ2v) is 14.6. The summed E-state index contributed by atoms with van der Waals surface area (Å²) in [5.41, 5.74) is 6.23. The number of nitrogens with one attached hydrogen (secondary N) is 2. The zero-order chi connectivity index (χ0) is 38.6. The molecule has 0 spiro atoms. The lowest BCUT2D eigenvalue weighted by molar-refractivity contribution is -0.138. The van der Waals surface area contributed by atoms with Gasteiger partial charge in [-0.3, -0.25) is 19.4 Å². The molecule has 7 rings (SSSR count). The minimum atomic E-state index is -0.398. The summed E-state index contributed by atoms with van der Waals surface area (Å²) in [4.78, 5) is 60.7.